The Balaban J connectivity index is 2.11. The molecular formula is C16H13N5O2. The van der Waals surface area contributed by atoms with E-state index in [-0.39, 0.29) is 0 Å². The highest BCUT2D eigenvalue weighted by molar-refractivity contribution is 5.93. The minimum absolute atomic E-state index is 0.303. The highest BCUT2D eigenvalue weighted by atomic mass is 16.2. The van der Waals surface area contributed by atoms with Crippen molar-refractivity contribution in [2.75, 3.05) is 0 Å². The number of rotatable bonds is 1. The van der Waals surface area contributed by atoms with Gasteiger partial charge in [0.2, 0.25) is 0 Å². The van der Waals surface area contributed by atoms with Crippen LogP contribution in [0.4, 0.5) is 0 Å². The van der Waals surface area contributed by atoms with Crippen molar-refractivity contribution < 1.29 is 0 Å². The molecule has 0 aliphatic carbocycles. The van der Waals surface area contributed by atoms with Crippen molar-refractivity contribution in [1.82, 2.24) is 24.1 Å². The van der Waals surface area contributed by atoms with Gasteiger partial charge in [-0.2, -0.15) is 0 Å². The summed E-state index contributed by atoms with van der Waals surface area (Å²) in [4.78, 5) is 36.2. The fraction of sp³-hybridized carbons (Fsp3) is 0.125. The van der Waals surface area contributed by atoms with E-state index in [4.69, 9.17) is 0 Å². The summed E-state index contributed by atoms with van der Waals surface area (Å²) in [5.41, 5.74) is 1.41. The second-order valence-corrected chi connectivity index (χ2v) is 5.37. The van der Waals surface area contributed by atoms with Crippen LogP contribution in [0.5, 0.6) is 0 Å². The maximum atomic E-state index is 12.3. The third-order valence-corrected chi connectivity index (χ3v) is 3.98. The van der Waals surface area contributed by atoms with Crippen LogP contribution >= 0.6 is 0 Å². The van der Waals surface area contributed by atoms with Crippen LogP contribution in [-0.2, 0) is 14.1 Å². The molecule has 0 amide bonds. The number of pyridine rings is 1. The normalized spacial score (nSPS) is 11.4. The number of fused-ring (bicyclic) bond motifs is 2. The van der Waals surface area contributed by atoms with Gasteiger partial charge in [0.15, 0.2) is 5.65 Å². The largest absolute Gasteiger partial charge is 0.332 e. The first kappa shape index (κ1) is 13.4. The van der Waals surface area contributed by atoms with Crippen LogP contribution < -0.4 is 11.2 Å². The fourth-order valence-electron chi connectivity index (χ4n) is 2.75. The standard InChI is InChI=1S/C16H13N5O2/c1-20-14-12(15(22)21(2)16(20)23)18-13(19-14)10-7-3-5-9-6-4-8-17-11(9)10/h3-8H,1-2H3,(H,18,19). The molecule has 0 fully saturated rings. The molecule has 0 aliphatic rings. The van der Waals surface area contributed by atoms with Crippen LogP contribution in [0, 0.1) is 0 Å². The SMILES string of the molecule is Cn1c(=O)c2[nH]c(-c3cccc4cccnc34)nc2n(C)c1=O. The van der Waals surface area contributed by atoms with Gasteiger partial charge in [-0.3, -0.25) is 18.9 Å². The number of aromatic amines is 1. The van der Waals surface area contributed by atoms with Gasteiger partial charge in [0, 0.05) is 31.2 Å². The average molecular weight is 307 g/mol. The topological polar surface area (TPSA) is 85.6 Å². The first-order chi connectivity index (χ1) is 11.1. The predicted molar refractivity (Wildman–Crippen MR) is 87.3 cm³/mol. The maximum absolute atomic E-state index is 12.3. The molecule has 4 aromatic rings. The Morgan fingerprint density at radius 1 is 1.04 bits per heavy atom. The van der Waals surface area contributed by atoms with E-state index in [9.17, 15) is 9.59 Å². The lowest BCUT2D eigenvalue weighted by atomic mass is 10.1. The van der Waals surface area contributed by atoms with Crippen molar-refractivity contribution in [2.24, 2.45) is 14.1 Å². The fourth-order valence-corrected chi connectivity index (χ4v) is 2.75. The van der Waals surface area contributed by atoms with Crippen molar-refractivity contribution in [3.63, 3.8) is 0 Å². The van der Waals surface area contributed by atoms with Crippen LogP contribution in [0.25, 0.3) is 33.5 Å². The molecule has 1 aromatic carbocycles. The number of aromatic nitrogens is 5. The zero-order chi connectivity index (χ0) is 16.1. The Labute approximate surface area is 129 Å². The number of imidazole rings is 1. The Kier molecular flexibility index (Phi) is 2.71. The maximum Gasteiger partial charge on any atom is 0.332 e. The molecule has 3 aromatic heterocycles. The van der Waals surface area contributed by atoms with Crippen molar-refractivity contribution in [1.29, 1.82) is 0 Å². The monoisotopic (exact) mass is 307 g/mol. The number of para-hydroxylation sites is 1. The Morgan fingerprint density at radius 2 is 1.83 bits per heavy atom. The molecule has 114 valence electrons. The second kappa shape index (κ2) is 4.64. The number of hydrogen-bond donors (Lipinski definition) is 1. The highest BCUT2D eigenvalue weighted by Gasteiger charge is 2.15. The molecule has 3 heterocycles. The quantitative estimate of drug-likeness (QED) is 0.572. The van der Waals surface area contributed by atoms with Crippen LogP contribution in [-0.4, -0.2) is 24.1 Å². The zero-order valence-corrected chi connectivity index (χ0v) is 12.6. The van der Waals surface area contributed by atoms with Crippen molar-refractivity contribution in [3.05, 3.63) is 57.4 Å². The minimum Gasteiger partial charge on any atom is -0.332 e. The first-order valence-corrected chi connectivity index (χ1v) is 7.08. The summed E-state index contributed by atoms with van der Waals surface area (Å²) in [6, 6.07) is 9.58. The van der Waals surface area contributed by atoms with E-state index >= 15 is 0 Å². The molecule has 7 heteroatoms. The Morgan fingerprint density at radius 3 is 2.65 bits per heavy atom. The van der Waals surface area contributed by atoms with Crippen LogP contribution in [0.2, 0.25) is 0 Å². The summed E-state index contributed by atoms with van der Waals surface area (Å²) in [7, 11) is 3.04. The molecule has 23 heavy (non-hydrogen) atoms. The summed E-state index contributed by atoms with van der Waals surface area (Å²) in [5, 5.41) is 0.979. The molecule has 4 rings (SSSR count). The molecule has 0 saturated heterocycles. The lowest BCUT2D eigenvalue weighted by Crippen LogP contribution is -2.36. The number of H-pyrrole nitrogens is 1. The van der Waals surface area contributed by atoms with Gasteiger partial charge in [0.1, 0.15) is 11.3 Å². The zero-order valence-electron chi connectivity index (χ0n) is 12.6. The van der Waals surface area contributed by atoms with Crippen LogP contribution in [0.1, 0.15) is 0 Å². The van der Waals surface area contributed by atoms with E-state index in [0.717, 1.165) is 21.0 Å². The van der Waals surface area contributed by atoms with Gasteiger partial charge in [-0.1, -0.05) is 18.2 Å². The number of aryl methyl sites for hydroxylation is 1. The molecule has 0 saturated carbocycles. The van der Waals surface area contributed by atoms with Crippen molar-refractivity contribution in [3.8, 4) is 11.4 Å². The molecule has 7 nitrogen and oxygen atoms in total. The molecular weight excluding hydrogens is 294 g/mol. The average Bonchev–Trinajstić information content (AvgIpc) is 3.03. The summed E-state index contributed by atoms with van der Waals surface area (Å²) in [5.74, 6) is 0.516. The number of benzene rings is 1. The smallest absolute Gasteiger partial charge is 0.332 e. The molecule has 0 radical (unpaired) electrons. The third kappa shape index (κ3) is 1.83. The van der Waals surface area contributed by atoms with Gasteiger partial charge in [0.25, 0.3) is 5.56 Å². The predicted octanol–water partition coefficient (Wildman–Crippen LogP) is 1.18. The van der Waals surface area contributed by atoms with E-state index < -0.39 is 11.2 Å². The lowest BCUT2D eigenvalue weighted by molar-refractivity contribution is 0.709. The van der Waals surface area contributed by atoms with Crippen molar-refractivity contribution >= 4 is 22.1 Å². The summed E-state index contributed by atoms with van der Waals surface area (Å²) in [6.45, 7) is 0. The lowest BCUT2D eigenvalue weighted by Gasteiger charge is -2.01. The van der Waals surface area contributed by atoms with Crippen molar-refractivity contribution in [2.45, 2.75) is 0 Å². The van der Waals surface area contributed by atoms with E-state index in [1.807, 2.05) is 30.3 Å². The van der Waals surface area contributed by atoms with Gasteiger partial charge in [-0.05, 0) is 12.1 Å². The summed E-state index contributed by atoms with van der Waals surface area (Å²) in [6.07, 6.45) is 1.71. The summed E-state index contributed by atoms with van der Waals surface area (Å²) >= 11 is 0. The van der Waals surface area contributed by atoms with E-state index in [0.29, 0.717) is 17.0 Å². The van der Waals surface area contributed by atoms with E-state index in [1.165, 1.54) is 11.6 Å². The number of hydrogen-bond acceptors (Lipinski definition) is 4. The molecule has 0 aliphatic heterocycles. The highest BCUT2D eigenvalue weighted by Crippen LogP contribution is 2.25. The molecule has 1 N–H and O–H groups in total. The van der Waals surface area contributed by atoms with Gasteiger partial charge < -0.3 is 4.98 Å². The van der Waals surface area contributed by atoms with E-state index in [2.05, 4.69) is 15.0 Å². The van der Waals surface area contributed by atoms with Gasteiger partial charge in [-0.25, -0.2) is 9.78 Å². The second-order valence-electron chi connectivity index (χ2n) is 5.37. The molecule has 0 spiro atoms. The van der Waals surface area contributed by atoms with Crippen LogP contribution in [0.3, 0.4) is 0 Å². The van der Waals surface area contributed by atoms with Gasteiger partial charge >= 0.3 is 5.69 Å². The molecule has 0 atom stereocenters. The third-order valence-electron chi connectivity index (χ3n) is 3.98. The van der Waals surface area contributed by atoms with E-state index in [1.54, 1.807) is 13.2 Å². The Bertz CT molecular complexity index is 1180. The first-order valence-electron chi connectivity index (χ1n) is 7.08. The summed E-state index contributed by atoms with van der Waals surface area (Å²) < 4.78 is 2.42. The Hall–Kier alpha value is -3.22. The number of nitrogens with one attached hydrogen (secondary N) is 1. The minimum atomic E-state index is -0.406. The van der Waals surface area contributed by atoms with Gasteiger partial charge in [0.05, 0.1) is 5.52 Å². The number of nitrogens with zero attached hydrogens (tertiary/aromatic N) is 4. The van der Waals surface area contributed by atoms with Crippen LogP contribution in [0.15, 0.2) is 46.1 Å². The molecule has 0 unspecified atom stereocenters. The molecule has 0 bridgehead atoms. The van der Waals surface area contributed by atoms with Gasteiger partial charge in [-0.15, -0.1) is 0 Å².